The van der Waals surface area contributed by atoms with Crippen LogP contribution >= 0.6 is 0 Å². The van der Waals surface area contributed by atoms with Crippen LogP contribution in [-0.2, 0) is 6.54 Å². The molecule has 2 heterocycles. The number of imidazole rings is 1. The summed E-state index contributed by atoms with van der Waals surface area (Å²) < 4.78 is 3.95. The van der Waals surface area contributed by atoms with Gasteiger partial charge < -0.3 is 5.32 Å². The Kier molecular flexibility index (Phi) is 3.42. The SMILES string of the molecule is CCCn1c(=O)n(C2CCNCC2)c2ccccc21. The Labute approximate surface area is 113 Å². The van der Waals surface area contributed by atoms with Crippen LogP contribution in [0.25, 0.3) is 11.0 Å². The predicted molar refractivity (Wildman–Crippen MR) is 77.6 cm³/mol. The van der Waals surface area contributed by atoms with Crippen molar-refractivity contribution in [3.8, 4) is 0 Å². The van der Waals surface area contributed by atoms with Crippen molar-refractivity contribution in [3.05, 3.63) is 34.7 Å². The van der Waals surface area contributed by atoms with Crippen molar-refractivity contribution in [3.63, 3.8) is 0 Å². The minimum Gasteiger partial charge on any atom is -0.317 e. The van der Waals surface area contributed by atoms with Gasteiger partial charge in [0, 0.05) is 12.6 Å². The Balaban J connectivity index is 2.17. The monoisotopic (exact) mass is 259 g/mol. The molecular formula is C15H21N3O. The lowest BCUT2D eigenvalue weighted by Crippen LogP contribution is -2.34. The predicted octanol–water partition coefficient (Wildman–Crippen LogP) is 2.14. The van der Waals surface area contributed by atoms with Crippen LogP contribution in [0.5, 0.6) is 0 Å². The highest BCUT2D eigenvalue weighted by Gasteiger charge is 2.21. The van der Waals surface area contributed by atoms with Gasteiger partial charge in [-0.3, -0.25) is 9.13 Å². The highest BCUT2D eigenvalue weighted by molar-refractivity contribution is 5.76. The van der Waals surface area contributed by atoms with Crippen LogP contribution in [0.15, 0.2) is 29.1 Å². The van der Waals surface area contributed by atoms with Crippen LogP contribution < -0.4 is 11.0 Å². The third-order valence-corrected chi connectivity index (χ3v) is 3.99. The van der Waals surface area contributed by atoms with Crippen LogP contribution in [0.4, 0.5) is 0 Å². The van der Waals surface area contributed by atoms with E-state index in [-0.39, 0.29) is 5.69 Å². The fraction of sp³-hybridized carbons (Fsp3) is 0.533. The third-order valence-electron chi connectivity index (χ3n) is 3.99. The molecule has 1 N–H and O–H groups in total. The molecule has 2 aromatic rings. The van der Waals surface area contributed by atoms with Crippen molar-refractivity contribution >= 4 is 11.0 Å². The number of nitrogens with one attached hydrogen (secondary N) is 1. The molecule has 0 radical (unpaired) electrons. The lowest BCUT2D eigenvalue weighted by molar-refractivity contribution is 0.364. The minimum absolute atomic E-state index is 0.162. The second-order valence-corrected chi connectivity index (χ2v) is 5.27. The zero-order chi connectivity index (χ0) is 13.2. The van der Waals surface area contributed by atoms with Gasteiger partial charge in [-0.25, -0.2) is 4.79 Å². The van der Waals surface area contributed by atoms with Crippen LogP contribution in [0.1, 0.15) is 32.2 Å². The van der Waals surface area contributed by atoms with Crippen molar-refractivity contribution in [1.82, 2.24) is 14.5 Å². The van der Waals surface area contributed by atoms with Gasteiger partial charge in [0.25, 0.3) is 0 Å². The van der Waals surface area contributed by atoms with E-state index < -0.39 is 0 Å². The van der Waals surface area contributed by atoms with Gasteiger partial charge in [-0.15, -0.1) is 0 Å². The average Bonchev–Trinajstić information content (AvgIpc) is 2.73. The molecule has 0 atom stereocenters. The van der Waals surface area contributed by atoms with E-state index >= 15 is 0 Å². The van der Waals surface area contributed by atoms with Gasteiger partial charge in [0.05, 0.1) is 11.0 Å². The van der Waals surface area contributed by atoms with Crippen molar-refractivity contribution in [2.75, 3.05) is 13.1 Å². The highest BCUT2D eigenvalue weighted by Crippen LogP contribution is 2.23. The molecule has 1 aliphatic heterocycles. The standard InChI is InChI=1S/C15H21N3O/c1-2-11-17-13-5-3-4-6-14(13)18(15(17)19)12-7-9-16-10-8-12/h3-6,12,16H,2,7-11H2,1H3. The van der Waals surface area contributed by atoms with Gasteiger partial charge in [0.2, 0.25) is 0 Å². The average molecular weight is 259 g/mol. The Morgan fingerprint density at radius 2 is 1.89 bits per heavy atom. The second-order valence-electron chi connectivity index (χ2n) is 5.27. The van der Waals surface area contributed by atoms with Gasteiger partial charge in [-0.2, -0.15) is 0 Å². The molecule has 4 nitrogen and oxygen atoms in total. The molecule has 0 aliphatic carbocycles. The number of fused-ring (bicyclic) bond motifs is 1. The van der Waals surface area contributed by atoms with Gasteiger partial charge in [-0.1, -0.05) is 19.1 Å². The van der Waals surface area contributed by atoms with Crippen molar-refractivity contribution in [2.24, 2.45) is 0 Å². The molecule has 0 bridgehead atoms. The van der Waals surface area contributed by atoms with Gasteiger partial charge in [-0.05, 0) is 44.5 Å². The summed E-state index contributed by atoms with van der Waals surface area (Å²) in [5, 5.41) is 3.36. The van der Waals surface area contributed by atoms with Crippen LogP contribution in [0.3, 0.4) is 0 Å². The number of aromatic nitrogens is 2. The first kappa shape index (κ1) is 12.5. The lowest BCUT2D eigenvalue weighted by Gasteiger charge is -2.23. The summed E-state index contributed by atoms with van der Waals surface area (Å²) in [7, 11) is 0. The van der Waals surface area contributed by atoms with E-state index in [2.05, 4.69) is 24.4 Å². The zero-order valence-electron chi connectivity index (χ0n) is 11.4. The van der Waals surface area contributed by atoms with E-state index in [1.54, 1.807) is 0 Å². The van der Waals surface area contributed by atoms with E-state index in [9.17, 15) is 4.79 Å². The summed E-state index contributed by atoms with van der Waals surface area (Å²) in [6.07, 6.45) is 3.07. The van der Waals surface area contributed by atoms with E-state index in [0.717, 1.165) is 49.9 Å². The summed E-state index contributed by atoms with van der Waals surface area (Å²) in [5.74, 6) is 0. The summed E-state index contributed by atoms with van der Waals surface area (Å²) in [6.45, 7) is 4.93. The molecular weight excluding hydrogens is 238 g/mol. The van der Waals surface area contributed by atoms with Crippen LogP contribution in [0, 0.1) is 0 Å². The first-order valence-electron chi connectivity index (χ1n) is 7.23. The Bertz CT molecular complexity index is 620. The molecule has 4 heteroatoms. The molecule has 0 amide bonds. The Hall–Kier alpha value is -1.55. The second kappa shape index (κ2) is 5.21. The maximum absolute atomic E-state index is 12.7. The Morgan fingerprint density at radius 3 is 2.58 bits per heavy atom. The van der Waals surface area contributed by atoms with E-state index in [1.165, 1.54) is 0 Å². The van der Waals surface area contributed by atoms with Gasteiger partial charge in [0.1, 0.15) is 0 Å². The molecule has 3 rings (SSSR count). The smallest absolute Gasteiger partial charge is 0.317 e. The number of piperidine rings is 1. The quantitative estimate of drug-likeness (QED) is 0.917. The van der Waals surface area contributed by atoms with Crippen molar-refractivity contribution in [1.29, 1.82) is 0 Å². The number of aryl methyl sites for hydroxylation is 1. The number of hydrogen-bond donors (Lipinski definition) is 1. The molecule has 0 spiro atoms. The molecule has 1 aromatic heterocycles. The van der Waals surface area contributed by atoms with Gasteiger partial charge in [0.15, 0.2) is 0 Å². The number of nitrogens with zero attached hydrogens (tertiary/aromatic N) is 2. The molecule has 1 fully saturated rings. The summed E-state index contributed by atoms with van der Waals surface area (Å²) in [4.78, 5) is 12.7. The summed E-state index contributed by atoms with van der Waals surface area (Å²) in [5.41, 5.74) is 2.33. The summed E-state index contributed by atoms with van der Waals surface area (Å²) in [6, 6.07) is 8.52. The normalized spacial score (nSPS) is 17.1. The first-order valence-corrected chi connectivity index (χ1v) is 7.23. The fourth-order valence-electron chi connectivity index (χ4n) is 3.09. The highest BCUT2D eigenvalue weighted by atomic mass is 16.1. The third kappa shape index (κ3) is 2.10. The van der Waals surface area contributed by atoms with Crippen molar-refractivity contribution in [2.45, 2.75) is 38.8 Å². The molecule has 102 valence electrons. The van der Waals surface area contributed by atoms with E-state index in [0.29, 0.717) is 6.04 Å². The number of benzene rings is 1. The maximum atomic E-state index is 12.7. The molecule has 0 unspecified atom stereocenters. The fourth-order valence-corrected chi connectivity index (χ4v) is 3.09. The first-order chi connectivity index (χ1) is 9.33. The van der Waals surface area contributed by atoms with E-state index in [1.807, 2.05) is 21.3 Å². The molecule has 1 aliphatic rings. The minimum atomic E-state index is 0.162. The largest absolute Gasteiger partial charge is 0.329 e. The van der Waals surface area contributed by atoms with Crippen LogP contribution in [-0.4, -0.2) is 22.2 Å². The van der Waals surface area contributed by atoms with Gasteiger partial charge >= 0.3 is 5.69 Å². The van der Waals surface area contributed by atoms with Crippen LogP contribution in [0.2, 0.25) is 0 Å². The Morgan fingerprint density at radius 1 is 1.21 bits per heavy atom. The number of rotatable bonds is 3. The maximum Gasteiger partial charge on any atom is 0.329 e. The lowest BCUT2D eigenvalue weighted by atomic mass is 10.1. The van der Waals surface area contributed by atoms with Crippen molar-refractivity contribution < 1.29 is 0 Å². The zero-order valence-corrected chi connectivity index (χ0v) is 11.4. The molecule has 19 heavy (non-hydrogen) atoms. The molecule has 1 aromatic carbocycles. The topological polar surface area (TPSA) is 39.0 Å². The van der Waals surface area contributed by atoms with E-state index in [4.69, 9.17) is 0 Å². The number of hydrogen-bond acceptors (Lipinski definition) is 2. The summed E-state index contributed by atoms with van der Waals surface area (Å²) >= 11 is 0. The molecule has 0 saturated carbocycles. The number of para-hydroxylation sites is 2. The molecule has 1 saturated heterocycles.